The third-order valence-corrected chi connectivity index (χ3v) is 4.29. The molecular formula is C19H26N2O3. The quantitative estimate of drug-likeness (QED) is 0.782. The van der Waals surface area contributed by atoms with Gasteiger partial charge in [-0.2, -0.15) is 0 Å². The maximum Gasteiger partial charge on any atom is 0.247 e. The lowest BCUT2D eigenvalue weighted by molar-refractivity contribution is -0.131. The molecule has 1 aliphatic heterocycles. The summed E-state index contributed by atoms with van der Waals surface area (Å²) in [5.74, 6) is 0.394. The first kappa shape index (κ1) is 18.2. The van der Waals surface area contributed by atoms with Crippen molar-refractivity contribution in [1.82, 2.24) is 4.90 Å². The summed E-state index contributed by atoms with van der Waals surface area (Å²) in [6, 6.07) is 7.39. The van der Waals surface area contributed by atoms with Crippen LogP contribution in [0.25, 0.3) is 0 Å². The lowest BCUT2D eigenvalue weighted by Gasteiger charge is -2.29. The topological polar surface area (TPSA) is 58.6 Å². The molecular weight excluding hydrogens is 304 g/mol. The molecule has 0 spiro atoms. The van der Waals surface area contributed by atoms with E-state index in [0.717, 1.165) is 38.2 Å². The van der Waals surface area contributed by atoms with Gasteiger partial charge < -0.3 is 15.0 Å². The van der Waals surface area contributed by atoms with Crippen molar-refractivity contribution in [1.29, 1.82) is 0 Å². The molecule has 1 heterocycles. The molecule has 0 aliphatic carbocycles. The Bertz CT molecular complexity index is 580. The van der Waals surface area contributed by atoms with Crippen molar-refractivity contribution in [2.45, 2.75) is 26.2 Å². The highest BCUT2D eigenvalue weighted by molar-refractivity contribution is 5.98. The predicted molar refractivity (Wildman–Crippen MR) is 94.8 cm³/mol. The summed E-state index contributed by atoms with van der Waals surface area (Å²) < 4.78 is 5.38. The summed E-state index contributed by atoms with van der Waals surface area (Å²) in [5.41, 5.74) is 1.57. The van der Waals surface area contributed by atoms with Gasteiger partial charge in [0.1, 0.15) is 0 Å². The standard InChI is InChI=1S/C19H26N2O3/c1-3-18(22)20-17-7-5-6-16(12-17)13-19(23)21(4-2)14-15-8-10-24-11-9-15/h3,5-7,12,15H,1,4,8-11,13-14H2,2H3,(H,20,22). The highest BCUT2D eigenvalue weighted by Gasteiger charge is 2.20. The maximum atomic E-state index is 12.6. The molecule has 0 aromatic heterocycles. The van der Waals surface area contributed by atoms with Crippen molar-refractivity contribution in [2.24, 2.45) is 5.92 Å². The third-order valence-electron chi connectivity index (χ3n) is 4.29. The average molecular weight is 330 g/mol. The SMILES string of the molecule is C=CC(=O)Nc1cccc(CC(=O)N(CC)CC2CCOCC2)c1. The number of hydrogen-bond donors (Lipinski definition) is 1. The van der Waals surface area contributed by atoms with E-state index >= 15 is 0 Å². The van der Waals surface area contributed by atoms with Gasteiger partial charge in [0.15, 0.2) is 0 Å². The minimum Gasteiger partial charge on any atom is -0.381 e. The summed E-state index contributed by atoms with van der Waals surface area (Å²) in [5, 5.41) is 2.72. The number of amides is 2. The largest absolute Gasteiger partial charge is 0.381 e. The average Bonchev–Trinajstić information content (AvgIpc) is 2.60. The fraction of sp³-hybridized carbons (Fsp3) is 0.474. The molecule has 5 heteroatoms. The second-order valence-electron chi connectivity index (χ2n) is 6.06. The van der Waals surface area contributed by atoms with Crippen molar-refractivity contribution in [3.63, 3.8) is 0 Å². The van der Waals surface area contributed by atoms with Gasteiger partial charge in [0.05, 0.1) is 6.42 Å². The molecule has 1 fully saturated rings. The molecule has 0 unspecified atom stereocenters. The van der Waals surface area contributed by atoms with Crippen molar-refractivity contribution in [2.75, 3.05) is 31.6 Å². The molecule has 2 amide bonds. The highest BCUT2D eigenvalue weighted by Crippen LogP contribution is 2.17. The monoisotopic (exact) mass is 330 g/mol. The van der Waals surface area contributed by atoms with Crippen molar-refractivity contribution in [3.8, 4) is 0 Å². The first-order chi connectivity index (χ1) is 11.6. The first-order valence-electron chi connectivity index (χ1n) is 8.50. The summed E-state index contributed by atoms with van der Waals surface area (Å²) in [7, 11) is 0. The summed E-state index contributed by atoms with van der Waals surface area (Å²) in [4.78, 5) is 25.9. The number of nitrogens with one attached hydrogen (secondary N) is 1. The summed E-state index contributed by atoms with van der Waals surface area (Å²) in [6.07, 6.45) is 3.61. The number of hydrogen-bond acceptors (Lipinski definition) is 3. The van der Waals surface area contributed by atoms with Crippen LogP contribution < -0.4 is 5.32 Å². The number of nitrogens with zero attached hydrogens (tertiary/aromatic N) is 1. The van der Waals surface area contributed by atoms with E-state index in [2.05, 4.69) is 11.9 Å². The normalized spacial score (nSPS) is 14.9. The van der Waals surface area contributed by atoms with Gasteiger partial charge in [-0.05, 0) is 49.5 Å². The second-order valence-corrected chi connectivity index (χ2v) is 6.06. The van der Waals surface area contributed by atoms with E-state index in [9.17, 15) is 9.59 Å². The molecule has 1 aromatic rings. The number of benzene rings is 1. The van der Waals surface area contributed by atoms with E-state index in [0.29, 0.717) is 24.6 Å². The Morgan fingerprint density at radius 2 is 2.12 bits per heavy atom. The zero-order valence-corrected chi connectivity index (χ0v) is 14.3. The number of ether oxygens (including phenoxy) is 1. The summed E-state index contributed by atoms with van der Waals surface area (Å²) >= 11 is 0. The van der Waals surface area contributed by atoms with Crippen LogP contribution in [-0.4, -0.2) is 43.0 Å². The van der Waals surface area contributed by atoms with Crippen LogP contribution in [0.1, 0.15) is 25.3 Å². The van der Waals surface area contributed by atoms with Crippen LogP contribution in [0, 0.1) is 5.92 Å². The first-order valence-corrected chi connectivity index (χ1v) is 8.50. The second kappa shape index (κ2) is 9.23. The zero-order valence-electron chi connectivity index (χ0n) is 14.3. The Labute approximate surface area is 143 Å². The van der Waals surface area contributed by atoms with Crippen LogP contribution in [0.3, 0.4) is 0 Å². The molecule has 1 aliphatic rings. The Hall–Kier alpha value is -2.14. The van der Waals surface area contributed by atoms with E-state index in [4.69, 9.17) is 4.74 Å². The zero-order chi connectivity index (χ0) is 17.4. The molecule has 0 radical (unpaired) electrons. The summed E-state index contributed by atoms with van der Waals surface area (Å²) in [6.45, 7) is 8.54. The minimum absolute atomic E-state index is 0.121. The van der Waals surface area contributed by atoms with Crippen LogP contribution in [0.15, 0.2) is 36.9 Å². The van der Waals surface area contributed by atoms with E-state index in [1.165, 1.54) is 6.08 Å². The smallest absolute Gasteiger partial charge is 0.247 e. The fourth-order valence-corrected chi connectivity index (χ4v) is 2.89. The molecule has 0 saturated carbocycles. The molecule has 1 aromatic carbocycles. The van der Waals surface area contributed by atoms with Crippen LogP contribution in [0.2, 0.25) is 0 Å². The van der Waals surface area contributed by atoms with Gasteiger partial charge in [-0.3, -0.25) is 9.59 Å². The number of carbonyl (C=O) groups excluding carboxylic acids is 2. The van der Waals surface area contributed by atoms with Gasteiger partial charge >= 0.3 is 0 Å². The van der Waals surface area contributed by atoms with Crippen molar-refractivity contribution < 1.29 is 14.3 Å². The molecule has 0 atom stereocenters. The van der Waals surface area contributed by atoms with Crippen LogP contribution in [0.4, 0.5) is 5.69 Å². The number of rotatable bonds is 7. The maximum absolute atomic E-state index is 12.6. The van der Waals surface area contributed by atoms with E-state index in [1.54, 1.807) is 6.07 Å². The van der Waals surface area contributed by atoms with Crippen molar-refractivity contribution in [3.05, 3.63) is 42.5 Å². The Balaban J connectivity index is 1.95. The number of anilines is 1. The fourth-order valence-electron chi connectivity index (χ4n) is 2.89. The third kappa shape index (κ3) is 5.49. The predicted octanol–water partition coefficient (Wildman–Crippen LogP) is 2.63. The number of likely N-dealkylation sites (N-methyl/N-ethyl adjacent to an activating group) is 1. The number of carbonyl (C=O) groups is 2. The van der Waals surface area contributed by atoms with Gasteiger partial charge in [0.2, 0.25) is 11.8 Å². The van der Waals surface area contributed by atoms with Crippen molar-refractivity contribution >= 4 is 17.5 Å². The molecule has 1 saturated heterocycles. The Kier molecular flexibility index (Phi) is 7.00. The van der Waals surface area contributed by atoms with E-state index < -0.39 is 0 Å². The molecule has 1 N–H and O–H groups in total. The van der Waals surface area contributed by atoms with Gasteiger partial charge in [0, 0.05) is 32.0 Å². The van der Waals surface area contributed by atoms with E-state index in [-0.39, 0.29) is 11.8 Å². The van der Waals surface area contributed by atoms with Gasteiger partial charge in [-0.25, -0.2) is 0 Å². The molecule has 24 heavy (non-hydrogen) atoms. The van der Waals surface area contributed by atoms with Crippen LogP contribution >= 0.6 is 0 Å². The van der Waals surface area contributed by atoms with Crippen LogP contribution in [0.5, 0.6) is 0 Å². The van der Waals surface area contributed by atoms with Gasteiger partial charge in [-0.15, -0.1) is 0 Å². The van der Waals surface area contributed by atoms with Crippen LogP contribution in [-0.2, 0) is 20.7 Å². The van der Waals surface area contributed by atoms with Gasteiger partial charge in [0.25, 0.3) is 0 Å². The molecule has 5 nitrogen and oxygen atoms in total. The lowest BCUT2D eigenvalue weighted by atomic mass is 9.99. The minimum atomic E-state index is -0.256. The molecule has 0 bridgehead atoms. The lowest BCUT2D eigenvalue weighted by Crippen LogP contribution is -2.37. The van der Waals surface area contributed by atoms with Gasteiger partial charge in [-0.1, -0.05) is 18.7 Å². The Morgan fingerprint density at radius 3 is 2.79 bits per heavy atom. The Morgan fingerprint density at radius 1 is 1.38 bits per heavy atom. The molecule has 130 valence electrons. The molecule has 2 rings (SSSR count). The van der Waals surface area contributed by atoms with E-state index in [1.807, 2.05) is 30.0 Å². The highest BCUT2D eigenvalue weighted by atomic mass is 16.5.